The first kappa shape index (κ1) is 17.5. The Morgan fingerprint density at radius 1 is 0.870 bits per heavy atom. The lowest BCUT2D eigenvalue weighted by molar-refractivity contribution is 0.451. The largest absolute Gasteiger partial charge is 0.337 e. The van der Waals surface area contributed by atoms with Gasteiger partial charge in [0.2, 0.25) is 0 Å². The molecule has 0 aliphatic carbocycles. The number of benzene rings is 2. The molecule has 0 N–H and O–H groups in total. The predicted molar refractivity (Wildman–Crippen MR) is 118 cm³/mol. The van der Waals surface area contributed by atoms with Crippen molar-refractivity contribution in [2.45, 2.75) is 52.0 Å². The van der Waals surface area contributed by atoms with Crippen LogP contribution in [0.25, 0.3) is 21.8 Å². The Hall–Kier alpha value is -0.300. The van der Waals surface area contributed by atoms with E-state index in [1.54, 1.807) is 0 Å². The fourth-order valence-corrected chi connectivity index (χ4v) is 4.52. The first-order valence-electron chi connectivity index (χ1n) is 8.54. The van der Waals surface area contributed by atoms with Crippen molar-refractivity contribution in [1.82, 2.24) is 4.57 Å². The molecule has 3 rings (SSSR count). The Morgan fingerprint density at radius 2 is 1.43 bits per heavy atom. The third-order valence-electron chi connectivity index (χ3n) is 4.70. The van der Waals surface area contributed by atoms with Crippen molar-refractivity contribution in [3.05, 3.63) is 43.5 Å². The van der Waals surface area contributed by atoms with Gasteiger partial charge in [-0.15, -0.1) is 0 Å². The molecule has 1 heterocycles. The van der Waals surface area contributed by atoms with Crippen LogP contribution < -0.4 is 0 Å². The molecule has 0 aliphatic rings. The number of rotatable bonds is 6. The van der Waals surface area contributed by atoms with Crippen LogP contribution in [0.2, 0.25) is 0 Å². The number of hydrogen-bond acceptors (Lipinski definition) is 0. The highest BCUT2D eigenvalue weighted by molar-refractivity contribution is 14.1. The van der Waals surface area contributed by atoms with E-state index in [1.165, 1.54) is 61.1 Å². The molecule has 3 heteroatoms. The number of hydrogen-bond donors (Lipinski definition) is 0. The van der Waals surface area contributed by atoms with Gasteiger partial charge in [0, 0.05) is 35.0 Å². The van der Waals surface area contributed by atoms with E-state index >= 15 is 0 Å². The molecule has 0 radical (unpaired) electrons. The van der Waals surface area contributed by atoms with Crippen LogP contribution in [0.4, 0.5) is 0 Å². The minimum atomic E-state index is 0.599. The first-order valence-corrected chi connectivity index (χ1v) is 10.7. The standard InChI is InChI=1S/C20H23I2N/c1-3-5-6-7-16(4-2)23-19-10-8-14(21)12-17(19)18-13-15(22)9-11-20(18)23/h8-13,16H,3-7H2,1-2H3. The molecule has 2 aromatic carbocycles. The van der Waals surface area contributed by atoms with Crippen LogP contribution in [-0.4, -0.2) is 4.57 Å². The molecule has 0 bridgehead atoms. The quantitative estimate of drug-likeness (QED) is 0.229. The molecule has 122 valence electrons. The Balaban J connectivity index is 2.20. The smallest absolute Gasteiger partial charge is 0.0494 e. The number of halogens is 2. The molecular weight excluding hydrogens is 508 g/mol. The van der Waals surface area contributed by atoms with E-state index < -0.39 is 0 Å². The number of unbranched alkanes of at least 4 members (excludes halogenated alkanes) is 2. The molecule has 0 fully saturated rings. The van der Waals surface area contributed by atoms with Gasteiger partial charge in [0.15, 0.2) is 0 Å². The summed E-state index contributed by atoms with van der Waals surface area (Å²) in [7, 11) is 0. The molecule has 1 aromatic heterocycles. The maximum Gasteiger partial charge on any atom is 0.0494 e. The van der Waals surface area contributed by atoms with Crippen molar-refractivity contribution in [2.75, 3.05) is 0 Å². The Labute approximate surface area is 166 Å². The summed E-state index contributed by atoms with van der Waals surface area (Å²) < 4.78 is 5.23. The average Bonchev–Trinajstić information content (AvgIpc) is 2.85. The summed E-state index contributed by atoms with van der Waals surface area (Å²) in [6.07, 6.45) is 6.43. The number of nitrogens with zero attached hydrogens (tertiary/aromatic N) is 1. The summed E-state index contributed by atoms with van der Waals surface area (Å²) in [5, 5.41) is 2.80. The van der Waals surface area contributed by atoms with E-state index in [4.69, 9.17) is 0 Å². The van der Waals surface area contributed by atoms with Crippen LogP contribution in [0, 0.1) is 7.14 Å². The SMILES string of the molecule is CCCCCC(CC)n1c2ccc(I)cc2c2cc(I)ccc21. The molecule has 0 spiro atoms. The van der Waals surface area contributed by atoms with Crippen molar-refractivity contribution in [1.29, 1.82) is 0 Å². The zero-order chi connectivity index (χ0) is 16.4. The molecule has 1 atom stereocenters. The summed E-state index contributed by atoms with van der Waals surface area (Å²) in [4.78, 5) is 0. The van der Waals surface area contributed by atoms with Gasteiger partial charge in [-0.1, -0.05) is 33.1 Å². The van der Waals surface area contributed by atoms with E-state index in [1.807, 2.05) is 0 Å². The highest BCUT2D eigenvalue weighted by Crippen LogP contribution is 2.36. The van der Waals surface area contributed by atoms with Gasteiger partial charge < -0.3 is 4.57 Å². The summed E-state index contributed by atoms with van der Waals surface area (Å²) in [5.41, 5.74) is 2.79. The fourth-order valence-electron chi connectivity index (χ4n) is 3.54. The van der Waals surface area contributed by atoms with Crippen LogP contribution in [0.3, 0.4) is 0 Å². The summed E-state index contributed by atoms with van der Waals surface area (Å²) in [5.74, 6) is 0. The van der Waals surface area contributed by atoms with Crippen molar-refractivity contribution in [3.63, 3.8) is 0 Å². The second-order valence-corrected chi connectivity index (χ2v) is 8.74. The lowest BCUT2D eigenvalue weighted by Crippen LogP contribution is -2.08. The summed E-state index contributed by atoms with van der Waals surface area (Å²) in [6.45, 7) is 4.61. The molecule has 0 aliphatic heterocycles. The van der Waals surface area contributed by atoms with E-state index in [-0.39, 0.29) is 0 Å². The lowest BCUT2D eigenvalue weighted by atomic mass is 10.1. The van der Waals surface area contributed by atoms with E-state index in [0.29, 0.717) is 6.04 Å². The zero-order valence-corrected chi connectivity index (χ0v) is 18.1. The average molecular weight is 531 g/mol. The lowest BCUT2D eigenvalue weighted by Gasteiger charge is -2.20. The topological polar surface area (TPSA) is 4.93 Å². The van der Waals surface area contributed by atoms with Crippen LogP contribution >= 0.6 is 45.2 Å². The van der Waals surface area contributed by atoms with Crippen molar-refractivity contribution in [3.8, 4) is 0 Å². The van der Waals surface area contributed by atoms with Gasteiger partial charge in [0.05, 0.1) is 0 Å². The molecule has 0 amide bonds. The first-order chi connectivity index (χ1) is 11.2. The second-order valence-electron chi connectivity index (χ2n) is 6.25. The predicted octanol–water partition coefficient (Wildman–Crippen LogP) is 7.54. The zero-order valence-electron chi connectivity index (χ0n) is 13.8. The van der Waals surface area contributed by atoms with Crippen molar-refractivity contribution in [2.24, 2.45) is 0 Å². The van der Waals surface area contributed by atoms with Crippen LogP contribution in [0.5, 0.6) is 0 Å². The molecule has 1 nitrogen and oxygen atoms in total. The van der Waals surface area contributed by atoms with Gasteiger partial charge in [-0.05, 0) is 94.4 Å². The van der Waals surface area contributed by atoms with Crippen LogP contribution in [0.1, 0.15) is 52.0 Å². The highest BCUT2D eigenvalue weighted by Gasteiger charge is 2.17. The highest BCUT2D eigenvalue weighted by atomic mass is 127. The van der Waals surface area contributed by atoms with Gasteiger partial charge in [0.1, 0.15) is 0 Å². The third kappa shape index (κ3) is 3.55. The molecule has 0 saturated carbocycles. The Bertz CT molecular complexity index is 760. The molecule has 23 heavy (non-hydrogen) atoms. The summed E-state index contributed by atoms with van der Waals surface area (Å²) in [6, 6.07) is 14.4. The van der Waals surface area contributed by atoms with Crippen molar-refractivity contribution >= 4 is 67.0 Å². The normalized spacial score (nSPS) is 13.0. The molecule has 0 saturated heterocycles. The minimum Gasteiger partial charge on any atom is -0.337 e. The number of fused-ring (bicyclic) bond motifs is 3. The number of aromatic nitrogens is 1. The van der Waals surface area contributed by atoms with Gasteiger partial charge in [0.25, 0.3) is 0 Å². The Kier molecular flexibility index (Phi) is 5.88. The molecule has 3 aromatic rings. The van der Waals surface area contributed by atoms with Crippen LogP contribution in [0.15, 0.2) is 36.4 Å². The van der Waals surface area contributed by atoms with E-state index in [0.717, 1.165) is 0 Å². The molecular formula is C20H23I2N. The fraction of sp³-hybridized carbons (Fsp3) is 0.400. The van der Waals surface area contributed by atoms with E-state index in [9.17, 15) is 0 Å². The maximum atomic E-state index is 2.60. The third-order valence-corrected chi connectivity index (χ3v) is 6.05. The Morgan fingerprint density at radius 3 is 1.91 bits per heavy atom. The van der Waals surface area contributed by atoms with Gasteiger partial charge >= 0.3 is 0 Å². The maximum absolute atomic E-state index is 2.60. The monoisotopic (exact) mass is 531 g/mol. The minimum absolute atomic E-state index is 0.599. The van der Waals surface area contributed by atoms with Gasteiger partial charge in [-0.2, -0.15) is 0 Å². The van der Waals surface area contributed by atoms with Gasteiger partial charge in [-0.25, -0.2) is 0 Å². The summed E-state index contributed by atoms with van der Waals surface area (Å²) >= 11 is 4.84. The second kappa shape index (κ2) is 7.72. The van der Waals surface area contributed by atoms with Crippen LogP contribution in [-0.2, 0) is 0 Å². The van der Waals surface area contributed by atoms with Gasteiger partial charge in [-0.3, -0.25) is 0 Å². The molecule has 1 unspecified atom stereocenters. The van der Waals surface area contributed by atoms with E-state index in [2.05, 4.69) is 100.0 Å². The van der Waals surface area contributed by atoms with Crippen molar-refractivity contribution < 1.29 is 0 Å².